The Labute approximate surface area is 289 Å². The summed E-state index contributed by atoms with van der Waals surface area (Å²) in [7, 11) is 0. The van der Waals surface area contributed by atoms with Crippen molar-refractivity contribution in [2.75, 3.05) is 23.7 Å². The molecule has 0 amide bonds. The van der Waals surface area contributed by atoms with Crippen molar-refractivity contribution in [1.29, 1.82) is 0 Å². The van der Waals surface area contributed by atoms with E-state index in [9.17, 15) is 0 Å². The Morgan fingerprint density at radius 1 is 0.462 bits per heavy atom. The van der Waals surface area contributed by atoms with Crippen molar-refractivity contribution in [2.24, 2.45) is 0 Å². The molecule has 39 heavy (non-hydrogen) atoms. The Bertz CT molecular complexity index is 693. The van der Waals surface area contributed by atoms with Crippen LogP contribution in [-0.2, 0) is 0 Å². The normalized spacial score (nSPS) is 10.4. The summed E-state index contributed by atoms with van der Waals surface area (Å²) in [5.74, 6) is 1.27. The van der Waals surface area contributed by atoms with Crippen molar-refractivity contribution in [2.45, 2.75) is 141 Å². The first-order valence-corrected chi connectivity index (χ1v) is 17.3. The number of hydrogen-bond acceptors (Lipinski definition) is 2. The smallest absolute Gasteiger partial charge is 0.0366 e. The Hall–Kier alpha value is 0.161. The Morgan fingerprint density at radius 2 is 0.846 bits per heavy atom. The van der Waals surface area contributed by atoms with Crippen LogP contribution in [0, 0.1) is 0 Å². The van der Waals surface area contributed by atoms with E-state index in [1.807, 2.05) is 11.8 Å². The molecule has 0 aromatic heterocycles. The van der Waals surface area contributed by atoms with Crippen LogP contribution >= 0.6 is 11.8 Å². The number of unbranched alkanes of at least 4 members (excludes halogenated alkanes) is 15. The van der Waals surface area contributed by atoms with Crippen LogP contribution in [0.1, 0.15) is 136 Å². The van der Waals surface area contributed by atoms with E-state index in [2.05, 4.69) is 86.3 Å². The number of anilines is 1. The summed E-state index contributed by atoms with van der Waals surface area (Å²) in [5.41, 5.74) is 1.41. The molecule has 0 fully saturated rings. The van der Waals surface area contributed by atoms with Crippen molar-refractivity contribution in [3.05, 3.63) is 60.7 Å². The van der Waals surface area contributed by atoms with Crippen LogP contribution in [0.2, 0.25) is 0 Å². The molecule has 2 aromatic rings. The van der Waals surface area contributed by atoms with Gasteiger partial charge in [0.1, 0.15) is 0 Å². The molecule has 0 aliphatic heterocycles. The predicted molar refractivity (Wildman–Crippen MR) is 182 cm³/mol. The van der Waals surface area contributed by atoms with Gasteiger partial charge in [-0.25, -0.2) is 0 Å². The van der Waals surface area contributed by atoms with Gasteiger partial charge in [0.2, 0.25) is 0 Å². The van der Waals surface area contributed by atoms with Crippen LogP contribution in [0.4, 0.5) is 5.69 Å². The average molecular weight is 677 g/mol. The number of hydrogen-bond donors (Lipinski definition) is 0. The molecular formula is C36H61BaNS. The van der Waals surface area contributed by atoms with Gasteiger partial charge in [0.25, 0.3) is 0 Å². The molecule has 2 rings (SSSR count). The van der Waals surface area contributed by atoms with Gasteiger partial charge >= 0.3 is 0 Å². The van der Waals surface area contributed by atoms with Gasteiger partial charge in [-0.15, -0.1) is 11.8 Å². The van der Waals surface area contributed by atoms with Gasteiger partial charge in [-0.3, -0.25) is 0 Å². The fourth-order valence-electron chi connectivity index (χ4n) is 4.76. The van der Waals surface area contributed by atoms with Crippen molar-refractivity contribution >= 4 is 66.3 Å². The van der Waals surface area contributed by atoms with E-state index in [0.29, 0.717) is 0 Å². The summed E-state index contributed by atoms with van der Waals surface area (Å²) in [6.07, 6.45) is 25.0. The van der Waals surface area contributed by atoms with Crippen molar-refractivity contribution < 1.29 is 0 Å². The second kappa shape index (κ2) is 31.1. The van der Waals surface area contributed by atoms with E-state index in [1.54, 1.807) is 0 Å². The Morgan fingerprint density at radius 3 is 1.31 bits per heavy atom. The minimum atomic E-state index is 0. The topological polar surface area (TPSA) is 3.24 Å². The SMILES string of the molecule is CCCCCCCCN(CCCCCCCC)c1ccccc1.CCCCCCCCSc1ccccc1.[Ba]. The van der Waals surface area contributed by atoms with E-state index < -0.39 is 0 Å². The van der Waals surface area contributed by atoms with Crippen LogP contribution in [0.25, 0.3) is 0 Å². The first-order valence-electron chi connectivity index (χ1n) is 16.3. The number of nitrogens with zero attached hydrogens (tertiary/aromatic N) is 1. The van der Waals surface area contributed by atoms with Gasteiger partial charge in [0.05, 0.1) is 0 Å². The van der Waals surface area contributed by atoms with Crippen LogP contribution in [-0.4, -0.2) is 67.7 Å². The molecule has 0 aliphatic carbocycles. The average Bonchev–Trinajstić information content (AvgIpc) is 2.96. The minimum absolute atomic E-state index is 0. The molecule has 0 aliphatic rings. The largest absolute Gasteiger partial charge is 0.372 e. The summed E-state index contributed by atoms with van der Waals surface area (Å²) in [6, 6.07) is 21.7. The Balaban J connectivity index is 0.000000784. The van der Waals surface area contributed by atoms with Crippen molar-refractivity contribution in [3.8, 4) is 0 Å². The molecule has 0 atom stereocenters. The van der Waals surface area contributed by atoms with Gasteiger partial charge in [-0.1, -0.05) is 153 Å². The maximum absolute atomic E-state index is 2.61. The maximum atomic E-state index is 2.61. The molecule has 0 spiro atoms. The molecule has 2 radical (unpaired) electrons. The molecule has 0 saturated carbocycles. The number of para-hydroxylation sites is 1. The van der Waals surface area contributed by atoms with E-state index in [4.69, 9.17) is 0 Å². The standard InChI is InChI=1S/C22H39N.C14H22S.Ba/c1-3-5-7-9-11-16-20-23(22-18-14-13-15-19-22)21-17-12-10-8-6-4-2;1-2-3-4-5-6-10-13-15-14-11-8-7-9-12-14;/h13-15,18-19H,3-12,16-17,20-21H2,1-2H3;7-9,11-12H,2-6,10,13H2,1H3;. The molecule has 2 aromatic carbocycles. The van der Waals surface area contributed by atoms with E-state index in [1.165, 1.54) is 145 Å². The molecule has 0 saturated heterocycles. The van der Waals surface area contributed by atoms with E-state index in [0.717, 1.165) is 0 Å². The minimum Gasteiger partial charge on any atom is -0.372 e. The van der Waals surface area contributed by atoms with Crippen LogP contribution in [0.3, 0.4) is 0 Å². The maximum Gasteiger partial charge on any atom is 0.0366 e. The van der Waals surface area contributed by atoms with Gasteiger partial charge in [0.15, 0.2) is 0 Å². The summed E-state index contributed by atoms with van der Waals surface area (Å²) in [6.45, 7) is 9.30. The zero-order valence-electron chi connectivity index (χ0n) is 26.2. The predicted octanol–water partition coefficient (Wildman–Crippen LogP) is 12.0. The zero-order chi connectivity index (χ0) is 27.4. The van der Waals surface area contributed by atoms with Crippen molar-refractivity contribution in [3.63, 3.8) is 0 Å². The fourth-order valence-corrected chi connectivity index (χ4v) is 5.70. The van der Waals surface area contributed by atoms with Gasteiger partial charge in [-0.2, -0.15) is 0 Å². The Kier molecular flexibility index (Phi) is 31.2. The third-order valence-corrected chi connectivity index (χ3v) is 8.29. The summed E-state index contributed by atoms with van der Waals surface area (Å²) >= 11 is 1.98. The second-order valence-corrected chi connectivity index (χ2v) is 12.0. The number of thioether (sulfide) groups is 1. The van der Waals surface area contributed by atoms with E-state index in [-0.39, 0.29) is 48.9 Å². The van der Waals surface area contributed by atoms with Gasteiger partial charge in [0, 0.05) is 72.6 Å². The molecular weight excluding hydrogens is 616 g/mol. The van der Waals surface area contributed by atoms with Crippen LogP contribution in [0.15, 0.2) is 65.6 Å². The third-order valence-electron chi connectivity index (χ3n) is 7.19. The molecule has 1 nitrogen and oxygen atoms in total. The number of benzene rings is 2. The third kappa shape index (κ3) is 24.5. The summed E-state index contributed by atoms with van der Waals surface area (Å²) < 4.78 is 0. The first kappa shape index (κ1) is 39.2. The molecule has 3 heteroatoms. The summed E-state index contributed by atoms with van der Waals surface area (Å²) in [4.78, 5) is 4.02. The molecule has 0 unspecified atom stereocenters. The zero-order valence-corrected chi connectivity index (χ0v) is 31.4. The quantitative estimate of drug-likeness (QED) is 0.0655. The van der Waals surface area contributed by atoms with Crippen molar-refractivity contribution in [1.82, 2.24) is 0 Å². The fraction of sp³-hybridized carbons (Fsp3) is 0.667. The van der Waals surface area contributed by atoms with Crippen LogP contribution in [0.5, 0.6) is 0 Å². The summed E-state index contributed by atoms with van der Waals surface area (Å²) in [5, 5.41) is 0. The number of rotatable bonds is 23. The van der Waals surface area contributed by atoms with E-state index >= 15 is 0 Å². The first-order chi connectivity index (χ1) is 18.8. The molecule has 0 heterocycles. The molecule has 0 N–H and O–H groups in total. The monoisotopic (exact) mass is 677 g/mol. The second-order valence-electron chi connectivity index (χ2n) is 10.8. The van der Waals surface area contributed by atoms with Crippen LogP contribution < -0.4 is 4.90 Å². The van der Waals surface area contributed by atoms with Gasteiger partial charge in [-0.05, 0) is 49.3 Å². The van der Waals surface area contributed by atoms with Gasteiger partial charge < -0.3 is 4.90 Å². The molecule has 218 valence electrons. The molecule has 0 bridgehead atoms.